The van der Waals surface area contributed by atoms with E-state index in [-0.39, 0.29) is 36.1 Å². The number of aromatic nitrogens is 4. The van der Waals surface area contributed by atoms with Gasteiger partial charge in [0.05, 0.1) is 32.6 Å². The van der Waals surface area contributed by atoms with Crippen LogP contribution in [0.1, 0.15) is 43.6 Å². The van der Waals surface area contributed by atoms with Crippen molar-refractivity contribution in [2.45, 2.75) is 39.7 Å². The Morgan fingerprint density at radius 3 is 2.57 bits per heavy atom. The second-order valence-electron chi connectivity index (χ2n) is 9.24. The number of hydrogen-bond acceptors (Lipinski definition) is 8. The average Bonchev–Trinajstić information content (AvgIpc) is 3.12. The normalized spacial score (nSPS) is 14.0. The number of Topliss-reactive ketones (excluding diaryl/α,β-unsaturated/α-hetero) is 1. The van der Waals surface area contributed by atoms with Crippen molar-refractivity contribution in [2.24, 2.45) is 0 Å². The minimum atomic E-state index is -0.221. The number of hydrogen-bond donors (Lipinski definition) is 1. The fourth-order valence-corrected chi connectivity index (χ4v) is 4.13. The summed E-state index contributed by atoms with van der Waals surface area (Å²) >= 11 is 0. The maximum absolute atomic E-state index is 13.5. The Bertz CT molecular complexity index is 1200. The van der Waals surface area contributed by atoms with Crippen molar-refractivity contribution in [1.29, 1.82) is 0 Å². The Hall–Kier alpha value is -3.11. The number of rotatable bonds is 7. The monoisotopic (exact) mass is 504 g/mol. The summed E-state index contributed by atoms with van der Waals surface area (Å²) in [6.45, 7) is 11.5. The van der Waals surface area contributed by atoms with Crippen LogP contribution in [0, 0.1) is 0 Å². The maximum atomic E-state index is 13.5. The molecule has 0 bridgehead atoms. The largest absolute Gasteiger partial charge is 1.00 e. The number of morpholine rings is 1. The fraction of sp³-hybridized carbons (Fsp3) is 0.500. The summed E-state index contributed by atoms with van der Waals surface area (Å²) in [5.74, 6) is 1.34. The first-order chi connectivity index (χ1) is 16.2. The highest BCUT2D eigenvalue weighted by Crippen LogP contribution is 2.40. The van der Waals surface area contributed by atoms with E-state index in [0.717, 1.165) is 30.1 Å². The molecule has 3 aromatic rings. The molecule has 1 aliphatic heterocycles. The number of ketones is 1. The molecule has 2 N–H and O–H groups in total. The van der Waals surface area contributed by atoms with E-state index < -0.39 is 0 Å². The van der Waals surface area contributed by atoms with Gasteiger partial charge in [-0.25, -0.2) is 0 Å². The van der Waals surface area contributed by atoms with Crippen LogP contribution in [-0.4, -0.2) is 60.5 Å². The number of nitrogens with zero attached hydrogens (tertiary/aromatic N) is 5. The first kappa shape index (κ1) is 26.5. The number of fused-ring (bicyclic) bond motifs is 1. The lowest BCUT2D eigenvalue weighted by molar-refractivity contribution is -0.714. The number of carbonyl (C=O) groups is 1. The SMILES string of the molecule is CCOc1ccc2n(n1)c(N)n[n+]2CC(=O)c1cc(N2CCOCC2)c(OC)c(C(C)(C)C)c1.[Cl-]. The molecule has 0 spiro atoms. The zero-order valence-electron chi connectivity index (χ0n) is 20.9. The van der Waals surface area contributed by atoms with E-state index in [1.165, 1.54) is 4.52 Å². The van der Waals surface area contributed by atoms with Gasteiger partial charge in [-0.15, -0.1) is 4.68 Å². The van der Waals surface area contributed by atoms with Crippen molar-refractivity contribution in [3.63, 3.8) is 0 Å². The zero-order chi connectivity index (χ0) is 24.5. The topological polar surface area (TPSA) is 108 Å². The van der Waals surface area contributed by atoms with Crippen LogP contribution in [0.5, 0.6) is 11.6 Å². The molecule has 0 saturated carbocycles. The summed E-state index contributed by atoms with van der Waals surface area (Å²) < 4.78 is 19.9. The number of nitrogens with two attached hydrogens (primary N) is 1. The Morgan fingerprint density at radius 2 is 1.94 bits per heavy atom. The smallest absolute Gasteiger partial charge is 0.355 e. The van der Waals surface area contributed by atoms with Crippen molar-refractivity contribution >= 4 is 23.1 Å². The van der Waals surface area contributed by atoms with Gasteiger partial charge < -0.3 is 37.3 Å². The van der Waals surface area contributed by atoms with Gasteiger partial charge in [-0.1, -0.05) is 25.3 Å². The van der Waals surface area contributed by atoms with Crippen LogP contribution in [0.15, 0.2) is 24.3 Å². The molecule has 4 rings (SSSR count). The third-order valence-corrected chi connectivity index (χ3v) is 5.84. The number of ether oxygens (including phenoxy) is 3. The summed E-state index contributed by atoms with van der Waals surface area (Å²) in [6, 6.07) is 7.37. The predicted octanol–water partition coefficient (Wildman–Crippen LogP) is -0.973. The first-order valence-corrected chi connectivity index (χ1v) is 11.5. The molecular weight excluding hydrogens is 472 g/mol. The van der Waals surface area contributed by atoms with E-state index in [9.17, 15) is 4.79 Å². The van der Waals surface area contributed by atoms with E-state index in [2.05, 4.69) is 35.9 Å². The lowest BCUT2D eigenvalue weighted by Gasteiger charge is -2.33. The van der Waals surface area contributed by atoms with Crippen molar-refractivity contribution in [2.75, 3.05) is 50.7 Å². The Labute approximate surface area is 211 Å². The molecule has 0 radical (unpaired) electrons. The van der Waals surface area contributed by atoms with E-state index in [1.54, 1.807) is 23.9 Å². The van der Waals surface area contributed by atoms with E-state index >= 15 is 0 Å². The summed E-state index contributed by atoms with van der Waals surface area (Å²) in [6.07, 6.45) is 0. The quantitative estimate of drug-likeness (QED) is 0.323. The minimum Gasteiger partial charge on any atom is -1.00 e. The third kappa shape index (κ3) is 5.43. The number of nitrogen functional groups attached to an aromatic ring is 1. The van der Waals surface area contributed by atoms with Gasteiger partial charge in [-0.2, -0.15) is 0 Å². The van der Waals surface area contributed by atoms with Gasteiger partial charge in [0.2, 0.25) is 5.78 Å². The standard InChI is InChI=1S/C24H33N6O4.ClH/c1-6-34-20-7-8-21-29(27-23(25)30(21)26-20)15-19(31)16-13-17(24(2,3)4)22(32-5)18(14-16)28-9-11-33-12-10-28;/h7-8,13-14H,6,9-12,15H2,1-5H3,(H2,25,27);1H/q+1;/p-1. The van der Waals surface area contributed by atoms with Gasteiger partial charge in [0.1, 0.15) is 5.75 Å². The van der Waals surface area contributed by atoms with Gasteiger partial charge in [0.25, 0.3) is 5.88 Å². The van der Waals surface area contributed by atoms with E-state index in [0.29, 0.717) is 36.9 Å². The highest BCUT2D eigenvalue weighted by molar-refractivity contribution is 5.97. The molecule has 0 amide bonds. The lowest BCUT2D eigenvalue weighted by Crippen LogP contribution is -3.00. The molecule has 1 saturated heterocycles. The molecule has 35 heavy (non-hydrogen) atoms. The number of halogens is 1. The van der Waals surface area contributed by atoms with Gasteiger partial charge in [0, 0.05) is 36.3 Å². The van der Waals surface area contributed by atoms with Crippen LogP contribution in [0.4, 0.5) is 11.6 Å². The van der Waals surface area contributed by atoms with Crippen molar-refractivity contribution in [3.8, 4) is 11.6 Å². The Morgan fingerprint density at radius 1 is 1.23 bits per heavy atom. The van der Waals surface area contributed by atoms with Crippen LogP contribution in [0.2, 0.25) is 0 Å². The van der Waals surface area contributed by atoms with Crippen LogP contribution < -0.4 is 37.2 Å². The van der Waals surface area contributed by atoms with E-state index in [1.807, 2.05) is 19.1 Å². The molecule has 2 aromatic heterocycles. The van der Waals surface area contributed by atoms with Gasteiger partial charge in [-0.3, -0.25) is 4.79 Å². The highest BCUT2D eigenvalue weighted by atomic mass is 35.5. The highest BCUT2D eigenvalue weighted by Gasteiger charge is 2.28. The molecule has 10 nitrogen and oxygen atoms in total. The number of methoxy groups -OCH3 is 1. The van der Waals surface area contributed by atoms with Gasteiger partial charge >= 0.3 is 11.6 Å². The maximum Gasteiger partial charge on any atom is 0.355 e. The number of benzene rings is 1. The molecule has 1 aromatic carbocycles. The minimum absolute atomic E-state index is 0. The predicted molar refractivity (Wildman–Crippen MR) is 128 cm³/mol. The molecule has 1 fully saturated rings. The molecule has 0 unspecified atom stereocenters. The van der Waals surface area contributed by atoms with Crippen LogP contribution in [0.25, 0.3) is 5.65 Å². The fourth-order valence-electron chi connectivity index (χ4n) is 4.13. The zero-order valence-corrected chi connectivity index (χ0v) is 21.6. The molecule has 3 heterocycles. The van der Waals surface area contributed by atoms with Crippen molar-refractivity contribution in [1.82, 2.24) is 14.7 Å². The molecule has 190 valence electrons. The molecule has 0 atom stereocenters. The number of carbonyl (C=O) groups excluding carboxylic acids is 1. The average molecular weight is 505 g/mol. The van der Waals surface area contributed by atoms with Crippen LogP contribution >= 0.6 is 0 Å². The van der Waals surface area contributed by atoms with Crippen LogP contribution in [-0.2, 0) is 16.7 Å². The van der Waals surface area contributed by atoms with E-state index in [4.69, 9.17) is 19.9 Å². The summed E-state index contributed by atoms with van der Waals surface area (Å²) in [4.78, 5) is 15.7. The molecule has 1 aliphatic rings. The number of anilines is 2. The summed E-state index contributed by atoms with van der Waals surface area (Å²) in [5.41, 5.74) is 8.92. The second kappa shape index (κ2) is 10.7. The third-order valence-electron chi connectivity index (χ3n) is 5.84. The van der Waals surface area contributed by atoms with Crippen molar-refractivity contribution in [3.05, 3.63) is 35.4 Å². The molecular formula is C24H33ClN6O4. The van der Waals surface area contributed by atoms with Crippen LogP contribution in [0.3, 0.4) is 0 Å². The van der Waals surface area contributed by atoms with Crippen molar-refractivity contribution < 1.29 is 36.1 Å². The molecule has 11 heteroatoms. The second-order valence-corrected chi connectivity index (χ2v) is 9.24. The van der Waals surface area contributed by atoms with Gasteiger partial charge in [-0.05, 0) is 34.7 Å². The molecule has 0 aliphatic carbocycles. The summed E-state index contributed by atoms with van der Waals surface area (Å²) in [7, 11) is 1.68. The Kier molecular flexibility index (Phi) is 8.07. The van der Waals surface area contributed by atoms with Gasteiger partial charge in [0.15, 0.2) is 6.54 Å². The Balaban J connectivity index is 0.00000342. The summed E-state index contributed by atoms with van der Waals surface area (Å²) in [5, 5.41) is 8.69. The first-order valence-electron chi connectivity index (χ1n) is 11.5. The lowest BCUT2D eigenvalue weighted by atomic mass is 9.84.